The molecule has 0 fully saturated rings. The molecule has 0 unspecified atom stereocenters. The van der Waals surface area contributed by atoms with Gasteiger partial charge in [-0.25, -0.2) is 23.8 Å². The Morgan fingerprint density at radius 2 is 1.76 bits per heavy atom. The SMILES string of the molecule is COc1cc(-n2ncnc2-c2ccc3ncc(-c4ccc(NC(=O)OC(C)(C)C)cc4)n3c2)ccc1F. The maximum atomic E-state index is 13.9. The highest BCUT2D eigenvalue weighted by molar-refractivity contribution is 5.85. The molecule has 9 nitrogen and oxygen atoms in total. The number of imidazole rings is 1. The maximum Gasteiger partial charge on any atom is 0.412 e. The molecular formula is C27H25FN6O3. The van der Waals surface area contributed by atoms with E-state index in [9.17, 15) is 9.18 Å². The van der Waals surface area contributed by atoms with Crippen LogP contribution in [0.4, 0.5) is 14.9 Å². The number of carbonyl (C=O) groups excluding carboxylic acids is 1. The van der Waals surface area contributed by atoms with E-state index in [1.54, 1.807) is 35.1 Å². The van der Waals surface area contributed by atoms with Gasteiger partial charge in [0.25, 0.3) is 0 Å². The second-order valence-corrected chi connectivity index (χ2v) is 9.31. The molecule has 0 radical (unpaired) electrons. The van der Waals surface area contributed by atoms with Crippen LogP contribution in [-0.4, -0.2) is 43.0 Å². The molecule has 0 spiro atoms. The van der Waals surface area contributed by atoms with E-state index in [0.29, 0.717) is 17.2 Å². The van der Waals surface area contributed by atoms with Gasteiger partial charge in [-0.2, -0.15) is 5.10 Å². The van der Waals surface area contributed by atoms with Crippen LogP contribution >= 0.6 is 0 Å². The van der Waals surface area contributed by atoms with Gasteiger partial charge in [-0.3, -0.25) is 9.72 Å². The van der Waals surface area contributed by atoms with Crippen molar-refractivity contribution in [3.05, 3.63) is 79.1 Å². The third-order valence-electron chi connectivity index (χ3n) is 5.52. The van der Waals surface area contributed by atoms with E-state index in [-0.39, 0.29) is 5.75 Å². The zero-order valence-corrected chi connectivity index (χ0v) is 20.8. The van der Waals surface area contributed by atoms with Crippen molar-refractivity contribution in [2.24, 2.45) is 0 Å². The molecule has 5 rings (SSSR count). The van der Waals surface area contributed by atoms with Crippen molar-refractivity contribution in [3.8, 4) is 34.1 Å². The lowest BCUT2D eigenvalue weighted by Gasteiger charge is -2.19. The zero-order chi connectivity index (χ0) is 26.2. The summed E-state index contributed by atoms with van der Waals surface area (Å²) < 4.78 is 27.9. The average Bonchev–Trinajstić information content (AvgIpc) is 3.51. The van der Waals surface area contributed by atoms with E-state index in [1.807, 2.05) is 55.6 Å². The van der Waals surface area contributed by atoms with Gasteiger partial charge in [-0.1, -0.05) is 12.1 Å². The fraction of sp³-hybridized carbons (Fsp3) is 0.185. The van der Waals surface area contributed by atoms with Crippen LogP contribution in [0.2, 0.25) is 0 Å². The lowest BCUT2D eigenvalue weighted by atomic mass is 10.1. The number of methoxy groups -OCH3 is 1. The van der Waals surface area contributed by atoms with Gasteiger partial charge < -0.3 is 9.47 Å². The van der Waals surface area contributed by atoms with Crippen LogP contribution in [0.25, 0.3) is 34.0 Å². The Kier molecular flexibility index (Phi) is 6.08. The van der Waals surface area contributed by atoms with Crippen LogP contribution in [0.1, 0.15) is 20.8 Å². The summed E-state index contributed by atoms with van der Waals surface area (Å²) in [7, 11) is 1.42. The van der Waals surface area contributed by atoms with Gasteiger partial charge in [0.1, 0.15) is 17.6 Å². The number of benzene rings is 2. The van der Waals surface area contributed by atoms with Crippen molar-refractivity contribution in [3.63, 3.8) is 0 Å². The first-order valence-electron chi connectivity index (χ1n) is 11.5. The number of ether oxygens (including phenoxy) is 2. The number of hydrogen-bond acceptors (Lipinski definition) is 6. The van der Waals surface area contributed by atoms with Gasteiger partial charge in [-0.05, 0) is 57.2 Å². The Hall–Kier alpha value is -4.73. The van der Waals surface area contributed by atoms with Gasteiger partial charge in [0, 0.05) is 29.1 Å². The molecule has 0 aliphatic carbocycles. The van der Waals surface area contributed by atoms with Crippen LogP contribution in [-0.2, 0) is 4.74 Å². The molecular weight excluding hydrogens is 475 g/mol. The smallest absolute Gasteiger partial charge is 0.412 e. The van der Waals surface area contributed by atoms with Crippen molar-refractivity contribution in [2.75, 3.05) is 12.4 Å². The van der Waals surface area contributed by atoms with Crippen LogP contribution in [0.3, 0.4) is 0 Å². The fourth-order valence-electron chi connectivity index (χ4n) is 3.88. The minimum atomic E-state index is -0.578. The number of pyridine rings is 1. The summed E-state index contributed by atoms with van der Waals surface area (Å²) in [6.45, 7) is 5.44. The Labute approximate surface area is 212 Å². The largest absolute Gasteiger partial charge is 0.494 e. The molecule has 37 heavy (non-hydrogen) atoms. The molecule has 2 aromatic carbocycles. The zero-order valence-electron chi connectivity index (χ0n) is 20.8. The number of fused-ring (bicyclic) bond motifs is 1. The Bertz CT molecular complexity index is 1580. The highest BCUT2D eigenvalue weighted by Crippen LogP contribution is 2.28. The number of nitrogens with zero attached hydrogens (tertiary/aromatic N) is 5. The molecule has 1 N–H and O–H groups in total. The number of carbonyl (C=O) groups is 1. The molecule has 0 bridgehead atoms. The first-order valence-corrected chi connectivity index (χ1v) is 11.5. The van der Waals surface area contributed by atoms with E-state index in [2.05, 4.69) is 20.4 Å². The first-order chi connectivity index (χ1) is 17.7. The van der Waals surface area contributed by atoms with Crippen LogP contribution in [0.15, 0.2) is 73.3 Å². The third kappa shape index (κ3) is 4.99. The van der Waals surface area contributed by atoms with E-state index < -0.39 is 17.5 Å². The van der Waals surface area contributed by atoms with Gasteiger partial charge in [0.15, 0.2) is 17.4 Å². The molecule has 10 heteroatoms. The second kappa shape index (κ2) is 9.38. The predicted molar refractivity (Wildman–Crippen MR) is 137 cm³/mol. The van der Waals surface area contributed by atoms with E-state index in [1.165, 1.54) is 19.5 Å². The molecule has 0 saturated carbocycles. The van der Waals surface area contributed by atoms with E-state index in [0.717, 1.165) is 22.5 Å². The number of nitrogens with one attached hydrogen (secondary N) is 1. The number of amides is 1. The van der Waals surface area contributed by atoms with E-state index >= 15 is 0 Å². The Morgan fingerprint density at radius 3 is 2.49 bits per heavy atom. The normalized spacial score (nSPS) is 11.5. The Morgan fingerprint density at radius 1 is 1.00 bits per heavy atom. The molecule has 3 aromatic heterocycles. The topological polar surface area (TPSA) is 95.6 Å². The third-order valence-corrected chi connectivity index (χ3v) is 5.52. The standard InChI is InChI=1S/C27H25FN6O3/c1-27(2,3)37-26(35)32-19-8-5-17(6-9-19)22-14-29-24-12-7-18(15-33(22)24)25-30-16-31-34(25)20-10-11-21(28)23(13-20)36-4/h5-16H,1-4H3,(H,32,35). The van der Waals surface area contributed by atoms with Crippen molar-refractivity contribution in [1.82, 2.24) is 24.1 Å². The molecule has 188 valence electrons. The van der Waals surface area contributed by atoms with Crippen molar-refractivity contribution in [1.29, 1.82) is 0 Å². The molecule has 0 atom stereocenters. The number of rotatable bonds is 5. The lowest BCUT2D eigenvalue weighted by molar-refractivity contribution is 0.0636. The molecule has 1 amide bonds. The van der Waals surface area contributed by atoms with Crippen molar-refractivity contribution in [2.45, 2.75) is 26.4 Å². The summed E-state index contributed by atoms with van der Waals surface area (Å²) in [5.41, 5.74) is 3.96. The number of halogens is 1. The Balaban J connectivity index is 1.46. The second-order valence-electron chi connectivity index (χ2n) is 9.31. The van der Waals surface area contributed by atoms with Gasteiger partial charge >= 0.3 is 6.09 Å². The quantitative estimate of drug-likeness (QED) is 0.330. The van der Waals surface area contributed by atoms with Crippen LogP contribution in [0.5, 0.6) is 5.75 Å². The van der Waals surface area contributed by atoms with Crippen molar-refractivity contribution < 1.29 is 18.7 Å². The average molecular weight is 501 g/mol. The van der Waals surface area contributed by atoms with Crippen LogP contribution in [0, 0.1) is 5.82 Å². The van der Waals surface area contributed by atoms with Crippen molar-refractivity contribution >= 4 is 17.4 Å². The highest BCUT2D eigenvalue weighted by Gasteiger charge is 2.17. The predicted octanol–water partition coefficient (Wildman–Crippen LogP) is 5.74. The lowest BCUT2D eigenvalue weighted by Crippen LogP contribution is -2.27. The minimum absolute atomic E-state index is 0.121. The molecule has 0 aliphatic rings. The molecule has 5 aromatic rings. The summed E-state index contributed by atoms with van der Waals surface area (Å²) in [6.07, 6.45) is 4.64. The summed E-state index contributed by atoms with van der Waals surface area (Å²) in [5.74, 6) is 0.243. The van der Waals surface area contributed by atoms with Gasteiger partial charge in [-0.15, -0.1) is 0 Å². The van der Waals surface area contributed by atoms with Gasteiger partial charge in [0.05, 0.1) is 24.7 Å². The summed E-state index contributed by atoms with van der Waals surface area (Å²) in [4.78, 5) is 21.0. The monoisotopic (exact) mass is 500 g/mol. The first kappa shape index (κ1) is 24.0. The fourth-order valence-corrected chi connectivity index (χ4v) is 3.88. The number of aromatic nitrogens is 5. The molecule has 0 saturated heterocycles. The van der Waals surface area contributed by atoms with E-state index in [4.69, 9.17) is 9.47 Å². The summed E-state index contributed by atoms with van der Waals surface area (Å²) >= 11 is 0. The molecule has 3 heterocycles. The number of anilines is 1. The van der Waals surface area contributed by atoms with Crippen LogP contribution < -0.4 is 10.1 Å². The summed E-state index contributed by atoms with van der Waals surface area (Å²) in [6, 6.07) is 15.7. The summed E-state index contributed by atoms with van der Waals surface area (Å²) in [5, 5.41) is 7.06. The maximum absolute atomic E-state index is 13.9. The highest BCUT2D eigenvalue weighted by atomic mass is 19.1. The number of hydrogen-bond donors (Lipinski definition) is 1. The van der Waals surface area contributed by atoms with Gasteiger partial charge in [0.2, 0.25) is 0 Å². The minimum Gasteiger partial charge on any atom is -0.494 e. The molecule has 0 aliphatic heterocycles.